The fourth-order valence-corrected chi connectivity index (χ4v) is 3.13. The van der Waals surface area contributed by atoms with E-state index in [0.29, 0.717) is 19.1 Å². The SMILES string of the molecule is CCOc1cc2c(cc1CN=C(NCCSC)NCC(=O)N(C)C)OC(C)C2. The first kappa shape index (κ1) is 22.2. The highest BCUT2D eigenvalue weighted by Gasteiger charge is 2.21. The second-order valence-electron chi connectivity index (χ2n) is 6.86. The van der Waals surface area contributed by atoms with Gasteiger partial charge in [0.25, 0.3) is 0 Å². The van der Waals surface area contributed by atoms with Crippen LogP contribution in [-0.4, -0.2) is 68.7 Å². The molecule has 1 atom stereocenters. The largest absolute Gasteiger partial charge is 0.494 e. The van der Waals surface area contributed by atoms with Gasteiger partial charge in [-0.25, -0.2) is 4.99 Å². The Morgan fingerprint density at radius 2 is 2.18 bits per heavy atom. The van der Waals surface area contributed by atoms with Crippen LogP contribution in [0, 0.1) is 0 Å². The van der Waals surface area contributed by atoms with Crippen molar-refractivity contribution < 1.29 is 14.3 Å². The van der Waals surface area contributed by atoms with Gasteiger partial charge >= 0.3 is 0 Å². The molecule has 0 aliphatic carbocycles. The third-order valence-electron chi connectivity index (χ3n) is 4.29. The van der Waals surface area contributed by atoms with Crippen LogP contribution in [0.2, 0.25) is 0 Å². The van der Waals surface area contributed by atoms with E-state index < -0.39 is 0 Å². The lowest BCUT2D eigenvalue weighted by atomic mass is 10.1. The van der Waals surface area contributed by atoms with Crippen molar-refractivity contribution in [3.8, 4) is 11.5 Å². The molecule has 1 unspecified atom stereocenters. The minimum absolute atomic E-state index is 0.00529. The van der Waals surface area contributed by atoms with E-state index in [4.69, 9.17) is 9.47 Å². The van der Waals surface area contributed by atoms with Gasteiger partial charge in [0, 0.05) is 43.9 Å². The van der Waals surface area contributed by atoms with Crippen molar-refractivity contribution >= 4 is 23.6 Å². The van der Waals surface area contributed by atoms with Gasteiger partial charge in [-0.3, -0.25) is 4.79 Å². The number of nitrogens with one attached hydrogen (secondary N) is 2. The molecule has 156 valence electrons. The van der Waals surface area contributed by atoms with Gasteiger partial charge in [-0.1, -0.05) is 0 Å². The van der Waals surface area contributed by atoms with Crippen LogP contribution >= 0.6 is 11.8 Å². The molecule has 0 radical (unpaired) electrons. The van der Waals surface area contributed by atoms with Crippen LogP contribution in [0.4, 0.5) is 0 Å². The molecule has 28 heavy (non-hydrogen) atoms. The van der Waals surface area contributed by atoms with E-state index in [2.05, 4.69) is 34.9 Å². The standard InChI is InChI=1S/C20H32N4O3S/c1-6-26-17-10-15-9-14(2)27-18(15)11-16(17)12-22-20(21-7-8-28-5)23-13-19(25)24(3)4/h10-11,14H,6-9,12-13H2,1-5H3,(H2,21,22,23). The minimum Gasteiger partial charge on any atom is -0.494 e. The highest BCUT2D eigenvalue weighted by atomic mass is 32.2. The first-order chi connectivity index (χ1) is 13.4. The van der Waals surface area contributed by atoms with Crippen molar-refractivity contribution in [2.45, 2.75) is 32.9 Å². The molecule has 0 spiro atoms. The van der Waals surface area contributed by atoms with Crippen molar-refractivity contribution in [1.82, 2.24) is 15.5 Å². The second-order valence-corrected chi connectivity index (χ2v) is 7.84. The normalized spacial score (nSPS) is 15.6. The summed E-state index contributed by atoms with van der Waals surface area (Å²) in [5, 5.41) is 6.38. The number of guanidine groups is 1. The second kappa shape index (κ2) is 11.0. The molecule has 1 amide bonds. The lowest BCUT2D eigenvalue weighted by molar-refractivity contribution is -0.127. The molecule has 0 aromatic heterocycles. The number of ether oxygens (including phenoxy) is 2. The van der Waals surface area contributed by atoms with E-state index in [1.54, 1.807) is 30.8 Å². The summed E-state index contributed by atoms with van der Waals surface area (Å²) in [6.07, 6.45) is 3.14. The highest BCUT2D eigenvalue weighted by molar-refractivity contribution is 7.98. The lowest BCUT2D eigenvalue weighted by Crippen LogP contribution is -2.43. The zero-order valence-electron chi connectivity index (χ0n) is 17.5. The molecular weight excluding hydrogens is 376 g/mol. The molecule has 7 nitrogen and oxygen atoms in total. The number of nitrogens with zero attached hydrogens (tertiary/aromatic N) is 2. The number of rotatable bonds is 9. The van der Waals surface area contributed by atoms with Crippen molar-refractivity contribution in [3.63, 3.8) is 0 Å². The van der Waals surface area contributed by atoms with Crippen LogP contribution in [-0.2, 0) is 17.8 Å². The summed E-state index contributed by atoms with van der Waals surface area (Å²) in [5.41, 5.74) is 2.15. The van der Waals surface area contributed by atoms with E-state index in [-0.39, 0.29) is 18.6 Å². The minimum atomic E-state index is -0.00529. The summed E-state index contributed by atoms with van der Waals surface area (Å²) >= 11 is 1.75. The number of carbonyl (C=O) groups excluding carboxylic acids is 1. The number of aliphatic imine (C=N–C) groups is 1. The fraction of sp³-hybridized carbons (Fsp3) is 0.600. The zero-order chi connectivity index (χ0) is 20.5. The lowest BCUT2D eigenvalue weighted by Gasteiger charge is -2.15. The van der Waals surface area contributed by atoms with E-state index in [1.165, 1.54) is 5.56 Å². The first-order valence-electron chi connectivity index (χ1n) is 9.61. The topological polar surface area (TPSA) is 75.2 Å². The number of fused-ring (bicyclic) bond motifs is 1. The van der Waals surface area contributed by atoms with Gasteiger partial charge in [0.2, 0.25) is 5.91 Å². The van der Waals surface area contributed by atoms with Crippen molar-refractivity contribution in [3.05, 3.63) is 23.3 Å². The summed E-state index contributed by atoms with van der Waals surface area (Å²) < 4.78 is 11.7. The van der Waals surface area contributed by atoms with Gasteiger partial charge in [0.15, 0.2) is 5.96 Å². The summed E-state index contributed by atoms with van der Waals surface area (Å²) in [5.74, 6) is 3.32. The Morgan fingerprint density at radius 1 is 1.39 bits per heavy atom. The number of likely N-dealkylation sites (N-methyl/N-ethyl adjacent to an activating group) is 1. The number of benzene rings is 1. The Morgan fingerprint density at radius 3 is 2.86 bits per heavy atom. The first-order valence-corrected chi connectivity index (χ1v) is 11.0. The Balaban J connectivity index is 2.14. The molecule has 0 fully saturated rings. The summed E-state index contributed by atoms with van der Waals surface area (Å²) in [4.78, 5) is 18.1. The van der Waals surface area contributed by atoms with E-state index >= 15 is 0 Å². The Labute approximate surface area is 172 Å². The molecule has 0 saturated heterocycles. The predicted octanol–water partition coefficient (Wildman–Crippen LogP) is 1.90. The quantitative estimate of drug-likeness (QED) is 0.369. The van der Waals surface area contributed by atoms with Crippen molar-refractivity contribution in [2.75, 3.05) is 45.8 Å². The number of hydrogen-bond acceptors (Lipinski definition) is 5. The average molecular weight is 409 g/mol. The van der Waals surface area contributed by atoms with Gasteiger partial charge in [-0.15, -0.1) is 0 Å². The summed E-state index contributed by atoms with van der Waals surface area (Å²) in [6.45, 7) is 6.04. The Kier molecular flexibility index (Phi) is 8.76. The zero-order valence-corrected chi connectivity index (χ0v) is 18.3. The molecular formula is C20H32N4O3S. The third kappa shape index (κ3) is 6.51. The molecule has 1 heterocycles. The maximum atomic E-state index is 11.9. The Bertz CT molecular complexity index is 694. The number of carbonyl (C=O) groups is 1. The predicted molar refractivity (Wildman–Crippen MR) is 116 cm³/mol. The summed E-state index contributed by atoms with van der Waals surface area (Å²) in [7, 11) is 3.48. The molecule has 1 aromatic carbocycles. The van der Waals surface area contributed by atoms with Crippen LogP contribution in [0.5, 0.6) is 11.5 Å². The Hall–Kier alpha value is -2.09. The molecule has 1 aromatic rings. The molecule has 1 aliphatic heterocycles. The third-order valence-corrected chi connectivity index (χ3v) is 4.90. The number of amides is 1. The maximum Gasteiger partial charge on any atom is 0.241 e. The van der Waals surface area contributed by atoms with Crippen molar-refractivity contribution in [1.29, 1.82) is 0 Å². The molecule has 8 heteroatoms. The van der Waals surface area contributed by atoms with Crippen LogP contribution in [0.1, 0.15) is 25.0 Å². The van der Waals surface area contributed by atoms with E-state index in [9.17, 15) is 4.79 Å². The maximum absolute atomic E-state index is 11.9. The van der Waals surface area contributed by atoms with E-state index in [1.807, 2.05) is 13.0 Å². The van der Waals surface area contributed by atoms with Crippen LogP contribution < -0.4 is 20.1 Å². The van der Waals surface area contributed by atoms with Gasteiger partial charge in [-0.05, 0) is 32.2 Å². The van der Waals surface area contributed by atoms with Gasteiger partial charge in [0.1, 0.15) is 17.6 Å². The van der Waals surface area contributed by atoms with Gasteiger partial charge in [-0.2, -0.15) is 11.8 Å². The molecule has 0 saturated carbocycles. The monoisotopic (exact) mass is 408 g/mol. The number of thioether (sulfide) groups is 1. The van der Waals surface area contributed by atoms with Crippen molar-refractivity contribution in [2.24, 2.45) is 4.99 Å². The average Bonchev–Trinajstić information content (AvgIpc) is 3.02. The molecule has 1 aliphatic rings. The molecule has 2 rings (SSSR count). The fourth-order valence-electron chi connectivity index (χ4n) is 2.82. The molecule has 0 bridgehead atoms. The summed E-state index contributed by atoms with van der Waals surface area (Å²) in [6, 6.07) is 4.09. The van der Waals surface area contributed by atoms with Gasteiger partial charge < -0.3 is 25.0 Å². The smallest absolute Gasteiger partial charge is 0.241 e. The van der Waals surface area contributed by atoms with Crippen LogP contribution in [0.15, 0.2) is 17.1 Å². The highest BCUT2D eigenvalue weighted by Crippen LogP contribution is 2.35. The number of hydrogen-bond donors (Lipinski definition) is 2. The van der Waals surface area contributed by atoms with Gasteiger partial charge in [0.05, 0.1) is 19.7 Å². The molecule has 2 N–H and O–H groups in total. The van der Waals surface area contributed by atoms with Crippen LogP contribution in [0.25, 0.3) is 0 Å². The van der Waals surface area contributed by atoms with E-state index in [0.717, 1.165) is 35.8 Å². The van der Waals surface area contributed by atoms with Crippen LogP contribution in [0.3, 0.4) is 0 Å².